The van der Waals surface area contributed by atoms with Gasteiger partial charge in [0.2, 0.25) is 0 Å². The second-order valence-electron chi connectivity index (χ2n) is 22.4. The molecule has 6 heterocycles. The van der Waals surface area contributed by atoms with Crippen molar-refractivity contribution in [3.8, 4) is 22.3 Å². The highest BCUT2D eigenvalue weighted by Crippen LogP contribution is 2.49. The monoisotopic (exact) mass is 1100 g/mol. The van der Waals surface area contributed by atoms with Gasteiger partial charge in [0.1, 0.15) is 0 Å². The van der Waals surface area contributed by atoms with Crippen molar-refractivity contribution < 1.29 is 0 Å². The summed E-state index contributed by atoms with van der Waals surface area (Å²) in [7, 11) is 0. The standard InChI is InChI=1S/C78H46N4S2/c1-3-15-51(16-4-1)79(67-27-13-25-63-57-19-7-9-29-73(57)83-77(63)67)53-37-31-47(32-38-53)49-35-41-55-59-21-11-23-61-65-46-72-66(45-71(65)81(75(59)61)69(55)43-49)62-24-12-22-60-56-42-36-50(44-70(56)82(72)76(60)62)48-33-39-54(40-34-48)80(52-17-5-2-6-18-52)68-28-14-26-64-58-20-8-10-30-74(58)84-78(64)68/h1-46H. The first kappa shape index (κ1) is 46.1. The third kappa shape index (κ3) is 6.52. The zero-order chi connectivity index (χ0) is 54.7. The lowest BCUT2D eigenvalue weighted by Gasteiger charge is -2.26. The largest absolute Gasteiger partial charge is 0.309 e. The van der Waals surface area contributed by atoms with Crippen LogP contribution in [-0.2, 0) is 0 Å². The van der Waals surface area contributed by atoms with Crippen molar-refractivity contribution in [1.29, 1.82) is 0 Å². The molecule has 13 aromatic carbocycles. The number of anilines is 6. The fraction of sp³-hybridized carbons (Fsp3) is 0. The van der Waals surface area contributed by atoms with Gasteiger partial charge in [-0.25, -0.2) is 0 Å². The molecule has 0 unspecified atom stereocenters. The molecular formula is C78H46N4S2. The Hall–Kier alpha value is -10.5. The van der Waals surface area contributed by atoms with Crippen LogP contribution in [0.4, 0.5) is 34.1 Å². The molecule has 0 atom stereocenters. The summed E-state index contributed by atoms with van der Waals surface area (Å²) in [6, 6.07) is 104. The third-order valence-electron chi connectivity index (χ3n) is 17.9. The van der Waals surface area contributed by atoms with Gasteiger partial charge >= 0.3 is 0 Å². The molecule has 0 aliphatic carbocycles. The molecule has 6 heteroatoms. The highest BCUT2D eigenvalue weighted by molar-refractivity contribution is 7.26. The van der Waals surface area contributed by atoms with Crippen molar-refractivity contribution in [3.63, 3.8) is 0 Å². The molecule has 0 aliphatic heterocycles. The first-order valence-corrected chi connectivity index (χ1v) is 30.4. The zero-order valence-corrected chi connectivity index (χ0v) is 46.8. The molecule has 0 radical (unpaired) electrons. The van der Waals surface area contributed by atoms with Crippen LogP contribution in [0, 0.1) is 0 Å². The van der Waals surface area contributed by atoms with Gasteiger partial charge < -0.3 is 18.6 Å². The van der Waals surface area contributed by atoms with Crippen molar-refractivity contribution in [2.24, 2.45) is 0 Å². The number of benzene rings is 13. The highest BCUT2D eigenvalue weighted by atomic mass is 32.1. The van der Waals surface area contributed by atoms with Gasteiger partial charge in [-0.15, -0.1) is 22.7 Å². The normalized spacial score (nSPS) is 12.3. The van der Waals surface area contributed by atoms with Gasteiger partial charge in [0.15, 0.2) is 0 Å². The fourth-order valence-corrected chi connectivity index (χ4v) is 16.6. The van der Waals surface area contributed by atoms with Crippen LogP contribution in [0.2, 0.25) is 0 Å². The fourth-order valence-electron chi connectivity index (χ4n) is 14.2. The maximum Gasteiger partial charge on any atom is 0.0640 e. The maximum absolute atomic E-state index is 2.55. The van der Waals surface area contributed by atoms with Crippen LogP contribution in [0.5, 0.6) is 0 Å². The molecule has 4 nitrogen and oxygen atoms in total. The molecule has 0 fully saturated rings. The lowest BCUT2D eigenvalue weighted by molar-refractivity contribution is 1.30. The summed E-state index contributed by atoms with van der Waals surface area (Å²) < 4.78 is 10.3. The summed E-state index contributed by atoms with van der Waals surface area (Å²) in [4.78, 5) is 4.82. The minimum atomic E-state index is 1.12. The molecule has 0 amide bonds. The number of hydrogen-bond acceptors (Lipinski definition) is 4. The van der Waals surface area contributed by atoms with E-state index in [2.05, 4.69) is 298 Å². The number of thiophene rings is 2. The zero-order valence-electron chi connectivity index (χ0n) is 45.2. The van der Waals surface area contributed by atoms with Crippen LogP contribution < -0.4 is 9.80 Å². The average Bonchev–Trinajstić information content (AvgIpc) is 1.98. The van der Waals surface area contributed by atoms with Crippen LogP contribution in [0.1, 0.15) is 0 Å². The summed E-state index contributed by atoms with van der Waals surface area (Å²) in [5, 5.41) is 15.4. The van der Waals surface area contributed by atoms with Crippen molar-refractivity contribution in [3.05, 3.63) is 279 Å². The summed E-state index contributed by atoms with van der Waals surface area (Å²) in [6.45, 7) is 0. The second-order valence-corrected chi connectivity index (χ2v) is 24.5. The van der Waals surface area contributed by atoms with Gasteiger partial charge in [-0.3, -0.25) is 0 Å². The van der Waals surface area contributed by atoms with E-state index in [1.54, 1.807) is 0 Å². The second kappa shape index (κ2) is 17.5. The quantitative estimate of drug-likeness (QED) is 0.151. The summed E-state index contributed by atoms with van der Waals surface area (Å²) in [6.07, 6.45) is 0. The lowest BCUT2D eigenvalue weighted by atomic mass is 10.0. The molecule has 390 valence electrons. The number of hydrogen-bond donors (Lipinski definition) is 0. The van der Waals surface area contributed by atoms with Crippen LogP contribution in [0.15, 0.2) is 279 Å². The number of nitrogens with zero attached hydrogens (tertiary/aromatic N) is 4. The van der Waals surface area contributed by atoms with Gasteiger partial charge in [0.05, 0.1) is 53.9 Å². The molecule has 0 saturated heterocycles. The van der Waals surface area contributed by atoms with E-state index in [1.807, 2.05) is 22.7 Å². The Bertz CT molecular complexity index is 5490. The van der Waals surface area contributed by atoms with Crippen molar-refractivity contribution >= 4 is 173 Å². The molecule has 6 aromatic heterocycles. The van der Waals surface area contributed by atoms with Crippen LogP contribution >= 0.6 is 22.7 Å². The van der Waals surface area contributed by atoms with E-state index in [0.717, 1.165) is 22.7 Å². The Morgan fingerprint density at radius 1 is 0.226 bits per heavy atom. The molecule has 19 rings (SSSR count). The van der Waals surface area contributed by atoms with E-state index in [0.29, 0.717) is 0 Å². The topological polar surface area (TPSA) is 15.3 Å². The van der Waals surface area contributed by atoms with E-state index in [4.69, 9.17) is 0 Å². The minimum absolute atomic E-state index is 1.12. The lowest BCUT2D eigenvalue weighted by Crippen LogP contribution is -2.09. The summed E-state index contributed by atoms with van der Waals surface area (Å²) in [5.74, 6) is 0. The van der Waals surface area contributed by atoms with Crippen molar-refractivity contribution in [1.82, 2.24) is 8.80 Å². The first-order chi connectivity index (χ1) is 41.7. The third-order valence-corrected chi connectivity index (χ3v) is 20.4. The van der Waals surface area contributed by atoms with E-state index in [9.17, 15) is 0 Å². The van der Waals surface area contributed by atoms with Gasteiger partial charge in [-0.1, -0.05) is 182 Å². The number of para-hydroxylation sites is 4. The number of aromatic nitrogens is 2. The Morgan fingerprint density at radius 3 is 1.00 bits per heavy atom. The minimum Gasteiger partial charge on any atom is -0.309 e. The average molecular weight is 1100 g/mol. The smallest absolute Gasteiger partial charge is 0.0640 e. The summed E-state index contributed by atoms with van der Waals surface area (Å²) >= 11 is 3.74. The first-order valence-electron chi connectivity index (χ1n) is 28.7. The Balaban J connectivity index is 0.725. The molecule has 0 aliphatic rings. The van der Waals surface area contributed by atoms with E-state index >= 15 is 0 Å². The van der Waals surface area contributed by atoms with Crippen molar-refractivity contribution in [2.45, 2.75) is 0 Å². The highest BCUT2D eigenvalue weighted by Gasteiger charge is 2.25. The molecule has 0 bridgehead atoms. The Kier molecular flexibility index (Phi) is 9.62. The molecule has 0 spiro atoms. The van der Waals surface area contributed by atoms with Gasteiger partial charge in [-0.05, 0) is 119 Å². The van der Waals surface area contributed by atoms with Gasteiger partial charge in [0, 0.05) is 96.8 Å². The van der Waals surface area contributed by atoms with E-state index < -0.39 is 0 Å². The van der Waals surface area contributed by atoms with Crippen molar-refractivity contribution in [2.75, 3.05) is 9.80 Å². The van der Waals surface area contributed by atoms with Crippen LogP contribution in [0.25, 0.3) is 139 Å². The van der Waals surface area contributed by atoms with Gasteiger partial charge in [0.25, 0.3) is 0 Å². The molecule has 0 saturated carbocycles. The molecular weight excluding hydrogens is 1060 g/mol. The molecule has 84 heavy (non-hydrogen) atoms. The SMILES string of the molecule is c1ccc(N(c2ccc(-c3ccc4c5cccc6c7cc8c(cc7n(c4c3)c56)c3cccc4c5ccc(-c6ccc(N(c7ccccc7)c7cccc9c7sc7ccccc79)cc6)cc5n8c43)cc2)c2cccc3c2sc2ccccc23)cc1. The Labute approximate surface area is 490 Å². The van der Waals surface area contributed by atoms with E-state index in [1.165, 1.54) is 150 Å². The number of fused-ring (bicyclic) bond motifs is 18. The number of rotatable bonds is 8. The van der Waals surface area contributed by atoms with E-state index in [-0.39, 0.29) is 0 Å². The predicted molar refractivity (Wildman–Crippen MR) is 362 cm³/mol. The Morgan fingerprint density at radius 2 is 0.560 bits per heavy atom. The maximum atomic E-state index is 2.55. The summed E-state index contributed by atoms with van der Waals surface area (Å²) in [5.41, 5.74) is 19.1. The van der Waals surface area contributed by atoms with Crippen LogP contribution in [0.3, 0.4) is 0 Å². The predicted octanol–water partition coefficient (Wildman–Crippen LogP) is 23.0. The molecule has 0 N–H and O–H groups in total. The van der Waals surface area contributed by atoms with Crippen LogP contribution in [-0.4, -0.2) is 8.80 Å². The van der Waals surface area contributed by atoms with Gasteiger partial charge in [-0.2, -0.15) is 0 Å². The molecule has 19 aromatic rings.